The Labute approximate surface area is 82.8 Å². The monoisotopic (exact) mass is 192 g/mol. The molecule has 0 spiro atoms. The van der Waals surface area contributed by atoms with Crippen molar-refractivity contribution >= 4 is 17.9 Å². The molecule has 0 saturated heterocycles. The molecule has 1 rings (SSSR count). The maximum absolute atomic E-state index is 10.8. The Morgan fingerprint density at radius 3 is 2.57 bits per heavy atom. The van der Waals surface area contributed by atoms with Crippen molar-refractivity contribution in [3.05, 3.63) is 30.3 Å². The van der Waals surface area contributed by atoms with Gasteiger partial charge in [-0.25, -0.2) is 0 Å². The zero-order valence-electron chi connectivity index (χ0n) is 8.18. The van der Waals surface area contributed by atoms with E-state index in [0.29, 0.717) is 12.2 Å². The molecule has 1 aromatic rings. The van der Waals surface area contributed by atoms with Crippen LogP contribution in [0.1, 0.15) is 6.92 Å². The van der Waals surface area contributed by atoms with E-state index in [4.69, 9.17) is 0 Å². The number of hydrogen-bond acceptors (Lipinski definition) is 3. The molecule has 0 aromatic heterocycles. The lowest BCUT2D eigenvalue weighted by molar-refractivity contribution is -0.106. The van der Waals surface area contributed by atoms with Crippen LogP contribution < -0.4 is 4.90 Å². The van der Waals surface area contributed by atoms with Gasteiger partial charge in [0.1, 0.15) is 7.11 Å². The molecule has 0 N–H and O–H groups in total. The Balaban J connectivity index is 2.93. The van der Waals surface area contributed by atoms with Crippen molar-refractivity contribution in [3.8, 4) is 0 Å². The summed E-state index contributed by atoms with van der Waals surface area (Å²) in [6.07, 6.45) is 0.702. The van der Waals surface area contributed by atoms with Gasteiger partial charge < -0.3 is 4.84 Å². The summed E-state index contributed by atoms with van der Waals surface area (Å²) in [5, 5.41) is 3.68. The van der Waals surface area contributed by atoms with Crippen LogP contribution in [0.25, 0.3) is 0 Å². The summed E-state index contributed by atoms with van der Waals surface area (Å²) in [5.74, 6) is 0.494. The number of rotatable bonds is 3. The molecular weight excluding hydrogens is 180 g/mol. The number of benzene rings is 1. The van der Waals surface area contributed by atoms with E-state index in [1.165, 1.54) is 12.0 Å². The first-order valence-electron chi connectivity index (χ1n) is 4.17. The quantitative estimate of drug-likeness (QED) is 0.316. The lowest BCUT2D eigenvalue weighted by Gasteiger charge is -2.15. The number of oxime groups is 1. The van der Waals surface area contributed by atoms with E-state index in [0.717, 1.165) is 5.69 Å². The lowest BCUT2D eigenvalue weighted by Crippen LogP contribution is -2.26. The van der Waals surface area contributed by atoms with E-state index in [9.17, 15) is 4.79 Å². The zero-order valence-corrected chi connectivity index (χ0v) is 8.18. The number of carbonyl (C=O) groups excluding carboxylic acids is 1. The maximum Gasteiger partial charge on any atom is 0.219 e. The van der Waals surface area contributed by atoms with Gasteiger partial charge >= 0.3 is 0 Å². The van der Waals surface area contributed by atoms with Crippen molar-refractivity contribution in [1.29, 1.82) is 0 Å². The van der Waals surface area contributed by atoms with Crippen molar-refractivity contribution < 1.29 is 9.63 Å². The van der Waals surface area contributed by atoms with Gasteiger partial charge in [0.25, 0.3) is 0 Å². The lowest BCUT2D eigenvalue weighted by atomic mass is 10.3. The first-order chi connectivity index (χ1) is 6.79. The van der Waals surface area contributed by atoms with Crippen LogP contribution in [-0.2, 0) is 9.63 Å². The largest absolute Gasteiger partial charge is 0.398 e. The van der Waals surface area contributed by atoms with E-state index in [2.05, 4.69) is 9.99 Å². The van der Waals surface area contributed by atoms with Crippen LogP contribution in [0.3, 0.4) is 0 Å². The molecule has 0 saturated carbocycles. The van der Waals surface area contributed by atoms with Gasteiger partial charge in [-0.1, -0.05) is 23.4 Å². The molecule has 4 heteroatoms. The Morgan fingerprint density at radius 1 is 1.43 bits per heavy atom. The Morgan fingerprint density at radius 2 is 2.07 bits per heavy atom. The third-order valence-corrected chi connectivity index (χ3v) is 1.71. The van der Waals surface area contributed by atoms with Crippen molar-refractivity contribution in [2.24, 2.45) is 5.16 Å². The van der Waals surface area contributed by atoms with Crippen LogP contribution in [0.2, 0.25) is 0 Å². The van der Waals surface area contributed by atoms with Crippen LogP contribution in [0.15, 0.2) is 35.5 Å². The van der Waals surface area contributed by atoms with Gasteiger partial charge in [-0.2, -0.15) is 0 Å². The second kappa shape index (κ2) is 5.01. The highest BCUT2D eigenvalue weighted by molar-refractivity contribution is 6.08. The fourth-order valence-electron chi connectivity index (χ4n) is 1.09. The molecule has 1 aromatic carbocycles. The molecular formula is C10H12N2O2. The van der Waals surface area contributed by atoms with Gasteiger partial charge in [0.05, 0.1) is 0 Å². The van der Waals surface area contributed by atoms with Gasteiger partial charge in [-0.3, -0.25) is 9.69 Å². The van der Waals surface area contributed by atoms with Gasteiger partial charge in [0.15, 0.2) is 5.84 Å². The van der Waals surface area contributed by atoms with E-state index in [1.54, 1.807) is 6.92 Å². The molecule has 0 radical (unpaired) electrons. The highest BCUT2D eigenvalue weighted by Gasteiger charge is 2.07. The fourth-order valence-corrected chi connectivity index (χ4v) is 1.09. The first kappa shape index (κ1) is 10.2. The molecule has 0 bridgehead atoms. The van der Waals surface area contributed by atoms with Crippen molar-refractivity contribution in [2.45, 2.75) is 6.92 Å². The molecule has 0 aliphatic carbocycles. The Hall–Kier alpha value is -1.84. The second-order valence-corrected chi connectivity index (χ2v) is 2.63. The Kier molecular flexibility index (Phi) is 3.67. The topological polar surface area (TPSA) is 41.9 Å². The van der Waals surface area contributed by atoms with E-state index in [-0.39, 0.29) is 0 Å². The van der Waals surface area contributed by atoms with E-state index in [1.807, 2.05) is 30.3 Å². The van der Waals surface area contributed by atoms with Gasteiger partial charge in [0, 0.05) is 5.69 Å². The first-order valence-corrected chi connectivity index (χ1v) is 4.17. The highest BCUT2D eigenvalue weighted by atomic mass is 16.6. The van der Waals surface area contributed by atoms with Crippen molar-refractivity contribution in [3.63, 3.8) is 0 Å². The third kappa shape index (κ3) is 2.32. The summed E-state index contributed by atoms with van der Waals surface area (Å²) >= 11 is 0. The molecule has 0 atom stereocenters. The van der Waals surface area contributed by atoms with Gasteiger partial charge in [0.2, 0.25) is 6.41 Å². The number of amides is 1. The van der Waals surface area contributed by atoms with Crippen molar-refractivity contribution in [1.82, 2.24) is 0 Å². The van der Waals surface area contributed by atoms with Crippen LogP contribution in [0, 0.1) is 0 Å². The molecule has 14 heavy (non-hydrogen) atoms. The molecule has 74 valence electrons. The molecule has 0 unspecified atom stereocenters. The summed E-state index contributed by atoms with van der Waals surface area (Å²) in [6.45, 7) is 1.70. The van der Waals surface area contributed by atoms with Crippen LogP contribution in [0.4, 0.5) is 5.69 Å². The molecule has 1 amide bonds. The minimum atomic E-state index is 0.494. The van der Waals surface area contributed by atoms with Crippen LogP contribution in [-0.4, -0.2) is 19.4 Å². The Bertz CT molecular complexity index is 322. The van der Waals surface area contributed by atoms with Crippen LogP contribution in [0.5, 0.6) is 0 Å². The zero-order chi connectivity index (χ0) is 10.4. The maximum atomic E-state index is 10.8. The standard InChI is InChI=1S/C10H12N2O2/c1-9(11-14-2)12(8-13)10-6-4-3-5-7-10/h3-8H,1-2H3/b11-9+. The smallest absolute Gasteiger partial charge is 0.219 e. The van der Waals surface area contributed by atoms with Gasteiger partial charge in [-0.15, -0.1) is 0 Å². The molecule has 0 fully saturated rings. The summed E-state index contributed by atoms with van der Waals surface area (Å²) < 4.78 is 0. The average molecular weight is 192 g/mol. The minimum absolute atomic E-state index is 0.494. The van der Waals surface area contributed by atoms with Crippen LogP contribution >= 0.6 is 0 Å². The summed E-state index contributed by atoms with van der Waals surface area (Å²) in [4.78, 5) is 16.8. The normalized spacial score (nSPS) is 10.9. The number of carbonyl (C=O) groups is 1. The van der Waals surface area contributed by atoms with Crippen molar-refractivity contribution in [2.75, 3.05) is 12.0 Å². The minimum Gasteiger partial charge on any atom is -0.398 e. The predicted molar refractivity (Wildman–Crippen MR) is 55.1 cm³/mol. The molecule has 0 heterocycles. The SMILES string of the molecule is CO/N=C(\C)N(C=O)c1ccccc1. The number of para-hydroxylation sites is 1. The summed E-state index contributed by atoms with van der Waals surface area (Å²) in [5.41, 5.74) is 0.765. The molecule has 4 nitrogen and oxygen atoms in total. The number of nitrogens with zero attached hydrogens (tertiary/aromatic N) is 2. The summed E-state index contributed by atoms with van der Waals surface area (Å²) in [6, 6.07) is 9.24. The average Bonchev–Trinajstić information content (AvgIpc) is 2.21. The number of amidine groups is 1. The number of hydrogen-bond donors (Lipinski definition) is 0. The molecule has 0 aliphatic rings. The highest BCUT2D eigenvalue weighted by Crippen LogP contribution is 2.11. The predicted octanol–water partition coefficient (Wildman–Crippen LogP) is 1.63. The fraction of sp³-hybridized carbons (Fsp3) is 0.200. The third-order valence-electron chi connectivity index (χ3n) is 1.71. The van der Waals surface area contributed by atoms with E-state index >= 15 is 0 Å². The number of anilines is 1. The second-order valence-electron chi connectivity index (χ2n) is 2.63. The van der Waals surface area contributed by atoms with Gasteiger partial charge in [-0.05, 0) is 19.1 Å². The molecule has 0 aliphatic heterocycles. The van der Waals surface area contributed by atoms with E-state index < -0.39 is 0 Å². The summed E-state index contributed by atoms with van der Waals surface area (Å²) in [7, 11) is 1.44.